The quantitative estimate of drug-likeness (QED) is 0.0454. The molecule has 0 bridgehead atoms. The third-order valence-electron chi connectivity index (χ3n) is 7.40. The molecule has 0 amide bonds. The molecule has 38 heavy (non-hydrogen) atoms. The Bertz CT molecular complexity index is 677. The molecule has 0 radical (unpaired) electrons. The van der Waals surface area contributed by atoms with Gasteiger partial charge in [-0.15, -0.1) is 0 Å². The highest BCUT2D eigenvalue weighted by Crippen LogP contribution is 2.40. The number of likely N-dealkylation sites (N-methyl/N-ethyl adjacent to an activating group) is 1. The maximum Gasteiger partial charge on any atom is 0.268 e. The van der Waals surface area contributed by atoms with E-state index in [0.29, 0.717) is 11.0 Å². The molecule has 0 aromatic carbocycles. The normalized spacial score (nSPS) is 16.6. The summed E-state index contributed by atoms with van der Waals surface area (Å²) in [6, 6.07) is -0.609. The molecule has 0 aliphatic rings. The predicted molar refractivity (Wildman–Crippen MR) is 163 cm³/mol. The summed E-state index contributed by atoms with van der Waals surface area (Å²) in [4.78, 5) is 12.2. The molecule has 0 aromatic rings. The van der Waals surface area contributed by atoms with Crippen molar-refractivity contribution in [3.63, 3.8) is 0 Å². The molecule has 0 spiro atoms. The fourth-order valence-corrected chi connectivity index (χ4v) is 5.70. The Kier molecular flexibility index (Phi) is 19.1. The third-order valence-corrected chi connectivity index (χ3v) is 12.8. The van der Waals surface area contributed by atoms with Crippen LogP contribution in [0.15, 0.2) is 12.2 Å². The van der Waals surface area contributed by atoms with E-state index < -0.39 is 28.3 Å². The van der Waals surface area contributed by atoms with Crippen molar-refractivity contribution in [2.75, 3.05) is 40.9 Å². The second-order valence-corrected chi connectivity index (χ2v) is 19.5. The Labute approximate surface area is 237 Å². The lowest BCUT2D eigenvalue weighted by molar-refractivity contribution is -0.870. The Hall–Kier alpha value is -0.0531. The highest BCUT2D eigenvalue weighted by Gasteiger charge is 2.40. The van der Waals surface area contributed by atoms with Gasteiger partial charge in [-0.2, -0.15) is 0 Å². The molecule has 0 aromatic heterocycles. The zero-order valence-corrected chi connectivity index (χ0v) is 28.3. The average molecular weight is 579 g/mol. The van der Waals surface area contributed by atoms with Gasteiger partial charge in [0, 0.05) is 0 Å². The van der Waals surface area contributed by atoms with E-state index in [4.69, 9.17) is 19.2 Å². The second kappa shape index (κ2) is 19.1. The summed E-state index contributed by atoms with van der Waals surface area (Å²) in [7, 11) is -0.623. The number of nitrogens with two attached hydrogens (primary N) is 1. The minimum Gasteiger partial charge on any atom is -0.756 e. The van der Waals surface area contributed by atoms with Gasteiger partial charge < -0.3 is 28.6 Å². The van der Waals surface area contributed by atoms with Gasteiger partial charge in [-0.05, 0) is 31.0 Å². The van der Waals surface area contributed by atoms with E-state index in [1.54, 1.807) is 0 Å². The first-order valence-electron chi connectivity index (χ1n) is 15.0. The molecular weight excluding hydrogens is 515 g/mol. The van der Waals surface area contributed by atoms with Gasteiger partial charge in [0.05, 0.1) is 39.9 Å². The van der Waals surface area contributed by atoms with Crippen molar-refractivity contribution in [3.05, 3.63) is 12.2 Å². The predicted octanol–water partition coefficient (Wildman–Crippen LogP) is 7.17. The molecule has 0 fully saturated rings. The fraction of sp³-hybridized carbons (Fsp3) is 0.931. The zero-order chi connectivity index (χ0) is 29.3. The number of unbranched alkanes of at least 4 members (excludes halogenated alkanes) is 11. The molecule has 7 nitrogen and oxygen atoms in total. The van der Waals surface area contributed by atoms with Crippen LogP contribution < -0.4 is 10.6 Å². The van der Waals surface area contributed by atoms with Crippen LogP contribution in [0, 0.1) is 0 Å². The lowest BCUT2D eigenvalue weighted by atomic mass is 10.0. The SMILES string of the molecule is CCCCCCCCCCCCC/C=C/[C@@H](O[Si](C)(C)C(C)(C)C)[C@@H](N)COP(=O)([O-])OCC[N+](C)(C)C. The summed E-state index contributed by atoms with van der Waals surface area (Å²) in [6.07, 6.45) is 19.2. The summed E-state index contributed by atoms with van der Waals surface area (Å²) < 4.78 is 29.6. The monoisotopic (exact) mass is 578 g/mol. The van der Waals surface area contributed by atoms with Crippen LogP contribution in [0.3, 0.4) is 0 Å². The summed E-state index contributed by atoms with van der Waals surface area (Å²) in [6.45, 7) is 13.6. The van der Waals surface area contributed by atoms with Crippen molar-refractivity contribution in [2.45, 2.75) is 135 Å². The van der Waals surface area contributed by atoms with Crippen LogP contribution in [0.4, 0.5) is 0 Å². The van der Waals surface area contributed by atoms with E-state index in [2.05, 4.69) is 46.9 Å². The Morgan fingerprint density at radius 1 is 0.921 bits per heavy atom. The van der Waals surface area contributed by atoms with Gasteiger partial charge in [-0.1, -0.05) is 104 Å². The van der Waals surface area contributed by atoms with Crippen molar-refractivity contribution in [1.82, 2.24) is 0 Å². The van der Waals surface area contributed by atoms with Gasteiger partial charge >= 0.3 is 0 Å². The Morgan fingerprint density at radius 3 is 1.89 bits per heavy atom. The maximum atomic E-state index is 12.2. The number of allylic oxidation sites excluding steroid dienone is 1. The number of hydrogen-bond donors (Lipinski definition) is 1. The van der Waals surface area contributed by atoms with Gasteiger partial charge in [0.2, 0.25) is 0 Å². The van der Waals surface area contributed by atoms with Crippen LogP contribution in [0.5, 0.6) is 0 Å². The van der Waals surface area contributed by atoms with E-state index >= 15 is 0 Å². The number of phosphoric ester groups is 1. The Morgan fingerprint density at radius 2 is 1.42 bits per heavy atom. The standard InChI is InChI=1S/C29H63N2O5PSi/c1-10-11-12-13-14-15-16-17-18-19-20-21-22-23-28(36-38(8,9)29(2,3)4)27(30)26-35-37(32,33)34-25-24-31(5,6)7/h22-23,27-28H,10-21,24-26,30H2,1-9H3/b23-22+/t27-,28+/m0/s1. The maximum absolute atomic E-state index is 12.2. The molecule has 1 unspecified atom stereocenters. The molecule has 0 saturated carbocycles. The van der Waals surface area contributed by atoms with Crippen LogP contribution in [0.1, 0.15) is 105 Å². The van der Waals surface area contributed by atoms with Gasteiger partial charge in [-0.25, -0.2) is 0 Å². The van der Waals surface area contributed by atoms with E-state index in [1.807, 2.05) is 27.2 Å². The number of hydrogen-bond acceptors (Lipinski definition) is 6. The lowest BCUT2D eigenvalue weighted by Gasteiger charge is -2.40. The smallest absolute Gasteiger partial charge is 0.268 e. The van der Waals surface area contributed by atoms with Crippen molar-refractivity contribution in [1.29, 1.82) is 0 Å². The molecule has 0 aliphatic carbocycles. The van der Waals surface area contributed by atoms with Gasteiger partial charge in [-0.3, -0.25) is 4.57 Å². The van der Waals surface area contributed by atoms with Crippen LogP contribution in [-0.4, -0.2) is 65.8 Å². The third kappa shape index (κ3) is 19.9. The summed E-state index contributed by atoms with van der Waals surface area (Å²) >= 11 is 0. The number of rotatable bonds is 23. The van der Waals surface area contributed by atoms with Gasteiger partial charge in [0.15, 0.2) is 8.32 Å². The molecule has 0 aliphatic heterocycles. The highest BCUT2D eigenvalue weighted by atomic mass is 31.2. The molecule has 9 heteroatoms. The van der Waals surface area contributed by atoms with E-state index in [0.717, 1.165) is 12.8 Å². The zero-order valence-electron chi connectivity index (χ0n) is 26.4. The van der Waals surface area contributed by atoms with E-state index in [1.165, 1.54) is 64.2 Å². The highest BCUT2D eigenvalue weighted by molar-refractivity contribution is 7.45. The van der Waals surface area contributed by atoms with Gasteiger partial charge in [0.25, 0.3) is 7.82 Å². The van der Waals surface area contributed by atoms with Crippen LogP contribution in [-0.2, 0) is 18.0 Å². The van der Waals surface area contributed by atoms with Crippen molar-refractivity contribution in [3.8, 4) is 0 Å². The van der Waals surface area contributed by atoms with E-state index in [9.17, 15) is 9.46 Å². The lowest BCUT2D eigenvalue weighted by Crippen LogP contribution is -2.50. The van der Waals surface area contributed by atoms with Gasteiger partial charge in [0.1, 0.15) is 13.2 Å². The van der Waals surface area contributed by atoms with Crippen LogP contribution in [0.2, 0.25) is 18.1 Å². The summed E-state index contributed by atoms with van der Waals surface area (Å²) in [5.74, 6) is 0. The minimum atomic E-state index is -4.42. The molecule has 0 rings (SSSR count). The average Bonchev–Trinajstić information content (AvgIpc) is 2.78. The van der Waals surface area contributed by atoms with Crippen molar-refractivity contribution < 1.29 is 27.4 Å². The first kappa shape index (κ1) is 37.9. The number of phosphoric acid groups is 1. The molecule has 3 atom stereocenters. The summed E-state index contributed by atoms with van der Waals surface area (Å²) in [5.41, 5.74) is 6.42. The molecule has 0 heterocycles. The van der Waals surface area contributed by atoms with Crippen LogP contribution in [0.25, 0.3) is 0 Å². The summed E-state index contributed by atoms with van der Waals surface area (Å²) in [5, 5.41) is 0.0117. The van der Waals surface area contributed by atoms with Crippen molar-refractivity contribution >= 4 is 16.1 Å². The fourth-order valence-electron chi connectivity index (χ4n) is 3.68. The molecule has 0 saturated heterocycles. The molecule has 2 N–H and O–H groups in total. The largest absolute Gasteiger partial charge is 0.756 e. The topological polar surface area (TPSA) is 93.8 Å². The molecular formula is C29H63N2O5PSi. The van der Waals surface area contributed by atoms with Crippen LogP contribution >= 0.6 is 7.82 Å². The number of nitrogens with zero attached hydrogens (tertiary/aromatic N) is 1. The Balaban J connectivity index is 4.67. The van der Waals surface area contributed by atoms with Crippen molar-refractivity contribution in [2.24, 2.45) is 5.73 Å². The molecule has 228 valence electrons. The number of quaternary nitrogens is 1. The minimum absolute atomic E-state index is 0.0117. The second-order valence-electron chi connectivity index (χ2n) is 13.3. The van der Waals surface area contributed by atoms with E-state index in [-0.39, 0.29) is 18.3 Å². The first-order valence-corrected chi connectivity index (χ1v) is 19.4. The first-order chi connectivity index (χ1) is 17.5.